The largest absolute Gasteiger partial charge is 0.523 e. The molecule has 0 spiro atoms. The van der Waals surface area contributed by atoms with Crippen LogP contribution in [0.3, 0.4) is 0 Å². The van der Waals surface area contributed by atoms with Gasteiger partial charge in [-0.2, -0.15) is 21.6 Å². The predicted octanol–water partition coefficient (Wildman–Crippen LogP) is 4.78. The molecule has 0 amide bonds. The number of halogens is 3. The second-order valence-corrected chi connectivity index (χ2v) is 6.66. The van der Waals surface area contributed by atoms with Crippen LogP contribution in [0.4, 0.5) is 13.2 Å². The predicted molar refractivity (Wildman–Crippen MR) is 80.5 cm³/mol. The highest BCUT2D eigenvalue weighted by atomic mass is 32.2. The van der Waals surface area contributed by atoms with Gasteiger partial charge in [0.2, 0.25) is 0 Å². The van der Waals surface area contributed by atoms with Crippen LogP contribution in [0.1, 0.15) is 71.1 Å². The molecule has 3 nitrogen and oxygen atoms in total. The van der Waals surface area contributed by atoms with Crippen LogP contribution in [0.5, 0.6) is 0 Å². The van der Waals surface area contributed by atoms with E-state index in [2.05, 4.69) is 22.9 Å². The number of hydrogen-bond donors (Lipinski definition) is 0. The van der Waals surface area contributed by atoms with Crippen LogP contribution in [-0.4, -0.2) is 20.5 Å². The number of alkyl halides is 3. The fourth-order valence-corrected chi connectivity index (χ4v) is 2.23. The lowest BCUT2D eigenvalue weighted by atomic mass is 10.1. The molecule has 0 aromatic carbocycles. The quantitative estimate of drug-likeness (QED) is 0.235. The van der Waals surface area contributed by atoms with Gasteiger partial charge in [0.15, 0.2) is 0 Å². The molecule has 0 unspecified atom stereocenters. The molecule has 0 saturated carbocycles. The Balaban J connectivity index is 3.51. The normalized spacial score (nSPS) is 12.0. The highest BCUT2D eigenvalue weighted by molar-refractivity contribution is 7.87. The van der Waals surface area contributed by atoms with Crippen molar-refractivity contribution in [2.24, 2.45) is 0 Å². The van der Waals surface area contributed by atoms with Gasteiger partial charge in [-0.3, -0.25) is 4.18 Å². The Labute approximate surface area is 131 Å². The second-order valence-electron chi connectivity index (χ2n) is 5.05. The molecule has 0 bridgehead atoms. The fourth-order valence-electron chi connectivity index (χ4n) is 1.79. The van der Waals surface area contributed by atoms with Crippen LogP contribution in [-0.2, 0) is 14.3 Å². The van der Waals surface area contributed by atoms with E-state index >= 15 is 0 Å². The topological polar surface area (TPSA) is 43.4 Å². The maximum atomic E-state index is 11.9. The van der Waals surface area contributed by atoms with E-state index in [0.717, 1.165) is 12.8 Å². The van der Waals surface area contributed by atoms with Gasteiger partial charge in [-0.25, -0.2) is 0 Å². The summed E-state index contributed by atoms with van der Waals surface area (Å²) < 4.78 is 60.7. The van der Waals surface area contributed by atoms with Crippen LogP contribution < -0.4 is 0 Å². The van der Waals surface area contributed by atoms with Gasteiger partial charge in [-0.05, 0) is 6.42 Å². The number of rotatable bonds is 11. The van der Waals surface area contributed by atoms with E-state index in [4.69, 9.17) is 0 Å². The lowest BCUT2D eigenvalue weighted by Crippen LogP contribution is -2.25. The van der Waals surface area contributed by atoms with E-state index in [9.17, 15) is 21.6 Å². The van der Waals surface area contributed by atoms with Gasteiger partial charge in [0, 0.05) is 12.8 Å². The van der Waals surface area contributed by atoms with Crippen molar-refractivity contribution in [1.29, 1.82) is 0 Å². The Hall–Kier alpha value is -0.740. The summed E-state index contributed by atoms with van der Waals surface area (Å²) >= 11 is 0. The van der Waals surface area contributed by atoms with E-state index in [1.165, 1.54) is 38.5 Å². The smallest absolute Gasteiger partial charge is 0.262 e. The molecule has 0 N–H and O–H groups in total. The number of hydrogen-bond acceptors (Lipinski definition) is 3. The summed E-state index contributed by atoms with van der Waals surface area (Å²) in [5, 5.41) is 0. The summed E-state index contributed by atoms with van der Waals surface area (Å²) in [4.78, 5) is 0. The minimum Gasteiger partial charge on any atom is -0.262 e. The van der Waals surface area contributed by atoms with Gasteiger partial charge in [0.1, 0.15) is 0 Å². The molecular formula is C15H25F3O3S. The molecule has 7 heteroatoms. The van der Waals surface area contributed by atoms with Gasteiger partial charge >= 0.3 is 15.6 Å². The van der Waals surface area contributed by atoms with Crippen molar-refractivity contribution in [3.05, 3.63) is 0 Å². The van der Waals surface area contributed by atoms with Crippen molar-refractivity contribution >= 4 is 10.1 Å². The van der Waals surface area contributed by atoms with Crippen LogP contribution in [0, 0.1) is 11.8 Å². The third-order valence-corrected chi connectivity index (χ3v) is 4.07. The first kappa shape index (κ1) is 21.3. The molecule has 0 aliphatic carbocycles. The molecule has 0 atom stereocenters. The van der Waals surface area contributed by atoms with E-state index in [0.29, 0.717) is 6.42 Å². The highest BCUT2D eigenvalue weighted by Gasteiger charge is 2.47. The van der Waals surface area contributed by atoms with Gasteiger partial charge in [-0.15, -0.1) is 11.8 Å². The average Bonchev–Trinajstić information content (AvgIpc) is 2.42. The monoisotopic (exact) mass is 342 g/mol. The summed E-state index contributed by atoms with van der Waals surface area (Å²) in [5.74, 6) is 5.44. The Morgan fingerprint density at radius 1 is 0.864 bits per heavy atom. The first-order valence-corrected chi connectivity index (χ1v) is 9.13. The summed E-state index contributed by atoms with van der Waals surface area (Å²) in [5.41, 5.74) is -5.36. The van der Waals surface area contributed by atoms with E-state index in [1.54, 1.807) is 0 Å². The second kappa shape index (κ2) is 11.8. The molecule has 22 heavy (non-hydrogen) atoms. The maximum Gasteiger partial charge on any atom is 0.523 e. The molecule has 0 heterocycles. The fraction of sp³-hybridized carbons (Fsp3) is 0.867. The van der Waals surface area contributed by atoms with E-state index in [-0.39, 0.29) is 6.42 Å². The summed E-state index contributed by atoms with van der Waals surface area (Å²) in [6.45, 7) is 1.62. The molecule has 0 aromatic heterocycles. The molecule has 0 aliphatic heterocycles. The van der Waals surface area contributed by atoms with Crippen LogP contribution >= 0.6 is 0 Å². The molecule has 0 rings (SSSR count). The Kier molecular flexibility index (Phi) is 11.4. The van der Waals surface area contributed by atoms with E-state index < -0.39 is 22.2 Å². The minimum atomic E-state index is -5.48. The van der Waals surface area contributed by atoms with Crippen molar-refractivity contribution in [2.75, 3.05) is 6.61 Å². The third-order valence-electron chi connectivity index (χ3n) is 3.03. The van der Waals surface area contributed by atoms with Crippen molar-refractivity contribution in [3.8, 4) is 11.8 Å². The van der Waals surface area contributed by atoms with Crippen molar-refractivity contribution < 1.29 is 25.8 Å². The molecule has 130 valence electrons. The lowest BCUT2D eigenvalue weighted by Gasteiger charge is -2.06. The van der Waals surface area contributed by atoms with Crippen LogP contribution in [0.15, 0.2) is 0 Å². The first-order valence-electron chi connectivity index (χ1n) is 7.72. The van der Waals surface area contributed by atoms with Gasteiger partial charge in [-0.1, -0.05) is 51.9 Å². The molecule has 0 radical (unpaired) electrons. The zero-order chi connectivity index (χ0) is 16.9. The van der Waals surface area contributed by atoms with Gasteiger partial charge < -0.3 is 0 Å². The summed E-state index contributed by atoms with van der Waals surface area (Å²) in [6.07, 6.45) is 10.2. The SMILES string of the molecule is CCCCCCCCCCC#CCCOS(=O)(=O)C(F)(F)F. The molecular weight excluding hydrogens is 317 g/mol. The van der Waals surface area contributed by atoms with Crippen molar-refractivity contribution in [1.82, 2.24) is 0 Å². The molecule has 0 saturated heterocycles. The Morgan fingerprint density at radius 2 is 1.36 bits per heavy atom. The zero-order valence-corrected chi connectivity index (χ0v) is 13.9. The zero-order valence-electron chi connectivity index (χ0n) is 13.0. The van der Waals surface area contributed by atoms with Crippen LogP contribution in [0.25, 0.3) is 0 Å². The Morgan fingerprint density at radius 3 is 1.91 bits per heavy atom. The molecule has 0 aliphatic rings. The lowest BCUT2D eigenvalue weighted by molar-refractivity contribution is -0.0540. The van der Waals surface area contributed by atoms with E-state index in [1.807, 2.05) is 0 Å². The minimum absolute atomic E-state index is 0.0215. The summed E-state index contributed by atoms with van der Waals surface area (Å²) in [6, 6.07) is 0. The van der Waals surface area contributed by atoms with Gasteiger partial charge in [0.25, 0.3) is 0 Å². The van der Waals surface area contributed by atoms with Gasteiger partial charge in [0.05, 0.1) is 6.61 Å². The summed E-state index contributed by atoms with van der Waals surface area (Å²) in [7, 11) is -5.48. The standard InChI is InChI=1S/C15H25F3O3S/c1-2-3-4-5-6-7-8-9-10-11-12-13-14-21-22(19,20)15(16,17)18/h2-10,13-14H2,1H3. The third kappa shape index (κ3) is 10.9. The first-order chi connectivity index (χ1) is 10.3. The molecule has 0 fully saturated rings. The Bertz CT molecular complexity index is 433. The molecule has 0 aromatic rings. The van der Waals surface area contributed by atoms with Crippen molar-refractivity contribution in [3.63, 3.8) is 0 Å². The van der Waals surface area contributed by atoms with Crippen LogP contribution in [0.2, 0.25) is 0 Å². The highest BCUT2D eigenvalue weighted by Crippen LogP contribution is 2.24. The maximum absolute atomic E-state index is 11.9. The van der Waals surface area contributed by atoms with Crippen molar-refractivity contribution in [2.45, 2.75) is 76.6 Å². The number of unbranched alkanes of at least 4 members (excludes halogenated alkanes) is 8. The average molecular weight is 342 g/mol.